The summed E-state index contributed by atoms with van der Waals surface area (Å²) in [6, 6.07) is 6.84. The highest BCUT2D eigenvalue weighted by Crippen LogP contribution is 2.33. The van der Waals surface area contributed by atoms with E-state index in [1.54, 1.807) is 6.92 Å². The Bertz CT molecular complexity index is 1010. The minimum absolute atomic E-state index is 0.101. The van der Waals surface area contributed by atoms with Crippen molar-refractivity contribution >= 4 is 46.4 Å². The van der Waals surface area contributed by atoms with Gasteiger partial charge in [-0.25, -0.2) is 4.39 Å². The number of nitrogens with one attached hydrogen (secondary N) is 1. The highest BCUT2D eigenvalue weighted by atomic mass is 35.5. The number of aromatic nitrogens is 4. The maximum absolute atomic E-state index is 14.0. The molecular weight excluding hydrogens is 420 g/mol. The quantitative estimate of drug-likeness (QED) is 0.617. The molecule has 0 aliphatic carbocycles. The van der Waals surface area contributed by atoms with Gasteiger partial charge >= 0.3 is 0 Å². The van der Waals surface area contributed by atoms with Crippen LogP contribution < -0.4 is 10.1 Å². The molecule has 0 fully saturated rings. The van der Waals surface area contributed by atoms with Crippen molar-refractivity contribution in [2.24, 2.45) is 0 Å². The number of benzene rings is 2. The van der Waals surface area contributed by atoms with Crippen molar-refractivity contribution in [3.05, 3.63) is 57.0 Å². The molecule has 1 amide bonds. The number of carbonyl (C=O) groups excluding carboxylic acids is 1. The number of anilines is 1. The minimum atomic E-state index is -0.540. The molecule has 0 atom stereocenters. The van der Waals surface area contributed by atoms with Gasteiger partial charge in [0.25, 0.3) is 5.91 Å². The van der Waals surface area contributed by atoms with Crippen LogP contribution >= 0.6 is 34.8 Å². The topological polar surface area (TPSA) is 81.9 Å². The molecule has 3 rings (SSSR count). The minimum Gasteiger partial charge on any atom is -0.482 e. The molecule has 1 N–H and O–H groups in total. The summed E-state index contributed by atoms with van der Waals surface area (Å²) in [7, 11) is 0. The van der Waals surface area contributed by atoms with Crippen molar-refractivity contribution < 1.29 is 13.9 Å². The van der Waals surface area contributed by atoms with E-state index in [0.717, 1.165) is 0 Å². The van der Waals surface area contributed by atoms with Gasteiger partial charge in [-0.3, -0.25) is 4.79 Å². The van der Waals surface area contributed by atoms with Crippen molar-refractivity contribution in [2.75, 3.05) is 11.9 Å². The van der Waals surface area contributed by atoms with E-state index in [1.807, 2.05) is 0 Å². The van der Waals surface area contributed by atoms with Gasteiger partial charge in [0, 0.05) is 11.8 Å². The van der Waals surface area contributed by atoms with E-state index in [2.05, 4.69) is 20.8 Å². The highest BCUT2D eigenvalue weighted by molar-refractivity contribution is 6.43. The fraction of sp³-hybridized carbons (Fsp3) is 0.125. The summed E-state index contributed by atoms with van der Waals surface area (Å²) in [5.74, 6) is -0.411. The predicted molar refractivity (Wildman–Crippen MR) is 99.4 cm³/mol. The lowest BCUT2D eigenvalue weighted by molar-refractivity contribution is -0.118. The Balaban J connectivity index is 1.70. The fourth-order valence-electron chi connectivity index (χ4n) is 2.16. The maximum atomic E-state index is 14.0. The summed E-state index contributed by atoms with van der Waals surface area (Å²) in [5.41, 5.74) is 0.443. The molecule has 7 nitrogen and oxygen atoms in total. The Morgan fingerprint density at radius 1 is 1.19 bits per heavy atom. The van der Waals surface area contributed by atoms with Gasteiger partial charge in [-0.15, -0.1) is 5.10 Å². The van der Waals surface area contributed by atoms with Crippen molar-refractivity contribution in [3.63, 3.8) is 0 Å². The lowest BCUT2D eigenvalue weighted by Crippen LogP contribution is -2.20. The van der Waals surface area contributed by atoms with E-state index >= 15 is 0 Å². The Morgan fingerprint density at radius 2 is 1.93 bits per heavy atom. The molecule has 11 heteroatoms. The van der Waals surface area contributed by atoms with E-state index in [4.69, 9.17) is 39.5 Å². The second-order valence-corrected chi connectivity index (χ2v) is 6.56. The SMILES string of the molecule is Cc1nnnn1-c1cc(NC(=O)COc2cc(Cl)c(Cl)cc2Cl)ccc1F. The third-order valence-electron chi connectivity index (χ3n) is 3.42. The van der Waals surface area contributed by atoms with Gasteiger partial charge in [-0.05, 0) is 41.6 Å². The number of hydrogen-bond acceptors (Lipinski definition) is 5. The molecule has 0 bridgehead atoms. The lowest BCUT2D eigenvalue weighted by Gasteiger charge is -2.11. The van der Waals surface area contributed by atoms with Crippen molar-refractivity contribution in [2.45, 2.75) is 6.92 Å². The van der Waals surface area contributed by atoms with Gasteiger partial charge in [0.05, 0.1) is 15.1 Å². The van der Waals surface area contributed by atoms with Crippen LogP contribution in [0.2, 0.25) is 15.1 Å². The van der Waals surface area contributed by atoms with Gasteiger partial charge in [-0.2, -0.15) is 4.68 Å². The Hall–Kier alpha value is -2.42. The molecule has 0 spiro atoms. The Kier molecular flexibility index (Phi) is 5.79. The first-order chi connectivity index (χ1) is 12.8. The molecule has 0 aliphatic rings. The first-order valence-electron chi connectivity index (χ1n) is 7.47. The van der Waals surface area contributed by atoms with Gasteiger partial charge in [0.15, 0.2) is 12.4 Å². The van der Waals surface area contributed by atoms with Gasteiger partial charge < -0.3 is 10.1 Å². The van der Waals surface area contributed by atoms with Crippen LogP contribution in [-0.4, -0.2) is 32.7 Å². The maximum Gasteiger partial charge on any atom is 0.262 e. The van der Waals surface area contributed by atoms with Crippen LogP contribution in [0.5, 0.6) is 5.75 Å². The zero-order chi connectivity index (χ0) is 19.6. The molecule has 140 valence electrons. The van der Waals surface area contributed by atoms with E-state index in [9.17, 15) is 9.18 Å². The molecule has 3 aromatic rings. The normalized spacial score (nSPS) is 10.7. The zero-order valence-electron chi connectivity index (χ0n) is 13.7. The number of amides is 1. The van der Waals surface area contributed by atoms with Crippen LogP contribution in [0.3, 0.4) is 0 Å². The van der Waals surface area contributed by atoms with Crippen molar-refractivity contribution in [1.82, 2.24) is 20.2 Å². The molecule has 27 heavy (non-hydrogen) atoms. The van der Waals surface area contributed by atoms with E-state index in [-0.39, 0.29) is 33.1 Å². The van der Waals surface area contributed by atoms with Crippen LogP contribution in [0.4, 0.5) is 10.1 Å². The average Bonchev–Trinajstić information content (AvgIpc) is 3.04. The van der Waals surface area contributed by atoms with E-state index in [0.29, 0.717) is 11.5 Å². The van der Waals surface area contributed by atoms with E-state index in [1.165, 1.54) is 35.0 Å². The summed E-state index contributed by atoms with van der Waals surface area (Å²) < 4.78 is 20.6. The standard InChI is InChI=1S/C16H11Cl3FN5O2/c1-8-22-23-24-25(8)14-4-9(2-3-13(14)20)21-16(26)7-27-15-6-11(18)10(17)5-12(15)19/h2-6H,7H2,1H3,(H,21,26). The predicted octanol–water partition coefficient (Wildman–Crippen LogP) is 4.09. The largest absolute Gasteiger partial charge is 0.482 e. The molecular formula is C16H11Cl3FN5O2. The summed E-state index contributed by atoms with van der Waals surface area (Å²) in [6.07, 6.45) is 0. The van der Waals surface area contributed by atoms with Crippen LogP contribution in [-0.2, 0) is 4.79 Å². The second kappa shape index (κ2) is 8.08. The Morgan fingerprint density at radius 3 is 2.63 bits per heavy atom. The van der Waals surface area contributed by atoms with Gasteiger partial charge in [0.2, 0.25) is 0 Å². The molecule has 1 aromatic heterocycles. The van der Waals surface area contributed by atoms with Crippen LogP contribution in [0.1, 0.15) is 5.82 Å². The summed E-state index contributed by atoms with van der Waals surface area (Å²) >= 11 is 17.7. The van der Waals surface area contributed by atoms with Crippen molar-refractivity contribution in [3.8, 4) is 11.4 Å². The highest BCUT2D eigenvalue weighted by Gasteiger charge is 2.13. The van der Waals surface area contributed by atoms with Crippen LogP contribution in [0.15, 0.2) is 30.3 Å². The van der Waals surface area contributed by atoms with Gasteiger partial charge in [0.1, 0.15) is 17.3 Å². The first kappa shape index (κ1) is 19.3. The number of halogens is 4. The summed E-state index contributed by atoms with van der Waals surface area (Å²) in [5, 5.41) is 14.2. The molecule has 0 aliphatic heterocycles. The molecule has 0 unspecified atom stereocenters. The average molecular weight is 431 g/mol. The third kappa shape index (κ3) is 4.47. The summed E-state index contributed by atoms with van der Waals surface area (Å²) in [4.78, 5) is 12.1. The molecule has 0 radical (unpaired) electrons. The van der Waals surface area contributed by atoms with Crippen molar-refractivity contribution in [1.29, 1.82) is 0 Å². The Labute approximate surface area is 168 Å². The number of hydrogen-bond donors (Lipinski definition) is 1. The van der Waals surface area contributed by atoms with Crippen LogP contribution in [0.25, 0.3) is 5.69 Å². The zero-order valence-corrected chi connectivity index (χ0v) is 16.0. The monoisotopic (exact) mass is 429 g/mol. The molecule has 1 heterocycles. The third-order valence-corrected chi connectivity index (χ3v) is 4.43. The molecule has 0 saturated heterocycles. The number of rotatable bonds is 5. The number of carbonyl (C=O) groups is 1. The lowest BCUT2D eigenvalue weighted by atomic mass is 10.2. The van der Waals surface area contributed by atoms with E-state index < -0.39 is 11.7 Å². The summed E-state index contributed by atoms with van der Waals surface area (Å²) in [6.45, 7) is 1.29. The first-order valence-corrected chi connectivity index (χ1v) is 8.60. The van der Waals surface area contributed by atoms with Crippen LogP contribution in [0, 0.1) is 12.7 Å². The smallest absolute Gasteiger partial charge is 0.262 e. The molecule has 2 aromatic carbocycles. The van der Waals surface area contributed by atoms with Gasteiger partial charge in [-0.1, -0.05) is 34.8 Å². The number of ether oxygens (including phenoxy) is 1. The number of tetrazole rings is 1. The fourth-order valence-corrected chi connectivity index (χ4v) is 2.75. The second-order valence-electron chi connectivity index (χ2n) is 5.34. The molecule has 0 saturated carbocycles. The number of nitrogens with zero attached hydrogens (tertiary/aromatic N) is 4. The number of aryl methyl sites for hydroxylation is 1.